The minimum atomic E-state index is -0.187. The second-order valence-electron chi connectivity index (χ2n) is 4.49. The molecule has 100 valence electrons. The van der Waals surface area contributed by atoms with Crippen LogP contribution in [0.5, 0.6) is 0 Å². The van der Waals surface area contributed by atoms with Crippen molar-refractivity contribution < 1.29 is 9.90 Å². The van der Waals surface area contributed by atoms with E-state index in [1.807, 2.05) is 6.92 Å². The summed E-state index contributed by atoms with van der Waals surface area (Å²) in [6.07, 6.45) is 2.29. The molecule has 0 spiro atoms. The maximum absolute atomic E-state index is 11.7. The van der Waals surface area contributed by atoms with Gasteiger partial charge in [0.25, 0.3) is 5.91 Å². The molecule has 0 atom stereocenters. The molecule has 2 heterocycles. The number of amides is 1. The lowest BCUT2D eigenvalue weighted by molar-refractivity contribution is 0.0949. The molecular weight excluding hydrogens is 250 g/mol. The van der Waals surface area contributed by atoms with Crippen LogP contribution >= 0.6 is 11.3 Å². The molecule has 5 nitrogen and oxygen atoms in total. The first-order valence-electron chi connectivity index (χ1n) is 6.37. The van der Waals surface area contributed by atoms with Crippen molar-refractivity contribution in [1.29, 1.82) is 0 Å². The lowest BCUT2D eigenvalue weighted by atomic mass is 10.1. The third kappa shape index (κ3) is 3.20. The van der Waals surface area contributed by atoms with Gasteiger partial charge < -0.3 is 15.3 Å². The molecule has 1 aliphatic heterocycles. The predicted molar refractivity (Wildman–Crippen MR) is 72.2 cm³/mol. The molecule has 18 heavy (non-hydrogen) atoms. The zero-order chi connectivity index (χ0) is 13.0. The van der Waals surface area contributed by atoms with Crippen molar-refractivity contribution >= 4 is 22.4 Å². The van der Waals surface area contributed by atoms with E-state index in [1.165, 1.54) is 11.3 Å². The molecule has 0 aromatic carbocycles. The van der Waals surface area contributed by atoms with Gasteiger partial charge in [-0.25, -0.2) is 4.98 Å². The third-order valence-electron chi connectivity index (χ3n) is 3.00. The van der Waals surface area contributed by atoms with Gasteiger partial charge in [-0.2, -0.15) is 0 Å². The molecule has 1 aromatic rings. The Morgan fingerprint density at radius 1 is 1.61 bits per heavy atom. The quantitative estimate of drug-likeness (QED) is 0.863. The molecule has 1 aromatic heterocycles. The molecule has 6 heteroatoms. The number of thiazole rings is 1. The van der Waals surface area contributed by atoms with Gasteiger partial charge in [-0.05, 0) is 19.3 Å². The second kappa shape index (κ2) is 6.15. The first-order chi connectivity index (χ1) is 8.70. The smallest absolute Gasteiger partial charge is 0.270 e. The summed E-state index contributed by atoms with van der Waals surface area (Å²) >= 11 is 1.49. The number of nitrogens with one attached hydrogen (secondary N) is 1. The van der Waals surface area contributed by atoms with E-state index >= 15 is 0 Å². The first kappa shape index (κ1) is 13.3. The van der Waals surface area contributed by atoms with Crippen LogP contribution in [0.15, 0.2) is 5.38 Å². The molecule has 1 saturated heterocycles. The van der Waals surface area contributed by atoms with E-state index in [-0.39, 0.29) is 12.0 Å². The maximum Gasteiger partial charge on any atom is 0.270 e. The van der Waals surface area contributed by atoms with E-state index in [0.29, 0.717) is 12.2 Å². The number of aliphatic hydroxyl groups excluding tert-OH is 1. The average Bonchev–Trinajstić information content (AvgIpc) is 2.86. The Bertz CT molecular complexity index is 400. The fourth-order valence-electron chi connectivity index (χ4n) is 1.90. The summed E-state index contributed by atoms with van der Waals surface area (Å²) in [5.74, 6) is -0.101. The Balaban J connectivity index is 1.95. The Hall–Kier alpha value is -1.14. The largest absolute Gasteiger partial charge is 0.393 e. The van der Waals surface area contributed by atoms with Crippen molar-refractivity contribution in [3.63, 3.8) is 0 Å². The molecule has 0 bridgehead atoms. The van der Waals surface area contributed by atoms with Crippen LogP contribution in [-0.4, -0.2) is 41.7 Å². The van der Waals surface area contributed by atoms with Gasteiger partial charge in [0.2, 0.25) is 0 Å². The minimum absolute atomic E-state index is 0.101. The van der Waals surface area contributed by atoms with Gasteiger partial charge in [0.1, 0.15) is 5.69 Å². The zero-order valence-corrected chi connectivity index (χ0v) is 11.4. The normalized spacial score (nSPS) is 16.9. The highest BCUT2D eigenvalue weighted by Crippen LogP contribution is 2.24. The van der Waals surface area contributed by atoms with Crippen LogP contribution < -0.4 is 10.2 Å². The van der Waals surface area contributed by atoms with Crippen molar-refractivity contribution in [2.75, 3.05) is 24.5 Å². The van der Waals surface area contributed by atoms with Crippen LogP contribution in [0, 0.1) is 0 Å². The number of aromatic nitrogens is 1. The maximum atomic E-state index is 11.7. The number of hydrogen-bond donors (Lipinski definition) is 2. The molecule has 2 rings (SSSR count). The van der Waals surface area contributed by atoms with E-state index in [9.17, 15) is 9.90 Å². The van der Waals surface area contributed by atoms with Crippen LogP contribution in [-0.2, 0) is 0 Å². The summed E-state index contributed by atoms with van der Waals surface area (Å²) in [6, 6.07) is 0. The van der Waals surface area contributed by atoms with Gasteiger partial charge in [-0.1, -0.05) is 6.92 Å². The molecular formula is C12H19N3O2S. The van der Waals surface area contributed by atoms with Crippen molar-refractivity contribution in [2.24, 2.45) is 0 Å². The number of hydrogen-bond acceptors (Lipinski definition) is 5. The summed E-state index contributed by atoms with van der Waals surface area (Å²) in [7, 11) is 0. The molecule has 0 saturated carbocycles. The van der Waals surface area contributed by atoms with E-state index < -0.39 is 0 Å². The zero-order valence-electron chi connectivity index (χ0n) is 10.6. The number of carbonyl (C=O) groups is 1. The van der Waals surface area contributed by atoms with Crippen molar-refractivity contribution in [3.8, 4) is 0 Å². The Morgan fingerprint density at radius 3 is 3.00 bits per heavy atom. The molecule has 0 unspecified atom stereocenters. The van der Waals surface area contributed by atoms with E-state index in [2.05, 4.69) is 15.2 Å². The molecule has 0 radical (unpaired) electrons. The third-order valence-corrected chi connectivity index (χ3v) is 3.90. The number of rotatable bonds is 4. The fraction of sp³-hybridized carbons (Fsp3) is 0.667. The molecule has 1 aliphatic rings. The van der Waals surface area contributed by atoms with Gasteiger partial charge >= 0.3 is 0 Å². The fourth-order valence-corrected chi connectivity index (χ4v) is 2.76. The van der Waals surface area contributed by atoms with Crippen LogP contribution in [0.2, 0.25) is 0 Å². The number of anilines is 1. The molecule has 2 N–H and O–H groups in total. The van der Waals surface area contributed by atoms with Gasteiger partial charge in [-0.3, -0.25) is 4.79 Å². The van der Waals surface area contributed by atoms with Crippen molar-refractivity contribution in [2.45, 2.75) is 32.3 Å². The van der Waals surface area contributed by atoms with Crippen LogP contribution in [0.1, 0.15) is 36.7 Å². The predicted octanol–water partition coefficient (Wildman–Crippen LogP) is 1.24. The van der Waals surface area contributed by atoms with Crippen LogP contribution in [0.4, 0.5) is 5.13 Å². The Labute approximate surface area is 111 Å². The Kier molecular flexibility index (Phi) is 4.54. The SMILES string of the molecule is CCCNC(=O)c1csc(N2CCC(O)CC2)n1. The minimum Gasteiger partial charge on any atom is -0.393 e. The lowest BCUT2D eigenvalue weighted by Crippen LogP contribution is -2.35. The summed E-state index contributed by atoms with van der Waals surface area (Å²) in [5, 5.41) is 15.0. The Morgan fingerprint density at radius 2 is 2.33 bits per heavy atom. The van der Waals surface area contributed by atoms with Gasteiger partial charge in [0.15, 0.2) is 5.13 Å². The second-order valence-corrected chi connectivity index (χ2v) is 5.33. The van der Waals surface area contributed by atoms with Gasteiger partial charge in [0.05, 0.1) is 6.10 Å². The summed E-state index contributed by atoms with van der Waals surface area (Å²) in [4.78, 5) is 18.2. The van der Waals surface area contributed by atoms with Crippen LogP contribution in [0.3, 0.4) is 0 Å². The summed E-state index contributed by atoms with van der Waals surface area (Å²) in [6.45, 7) is 4.32. The summed E-state index contributed by atoms with van der Waals surface area (Å²) < 4.78 is 0. The molecule has 1 fully saturated rings. The molecule has 1 amide bonds. The van der Waals surface area contributed by atoms with Crippen molar-refractivity contribution in [3.05, 3.63) is 11.1 Å². The van der Waals surface area contributed by atoms with Gasteiger partial charge in [-0.15, -0.1) is 11.3 Å². The highest BCUT2D eigenvalue weighted by Gasteiger charge is 2.20. The average molecular weight is 269 g/mol. The van der Waals surface area contributed by atoms with Gasteiger partial charge in [0, 0.05) is 25.0 Å². The van der Waals surface area contributed by atoms with E-state index in [0.717, 1.165) is 37.5 Å². The van der Waals surface area contributed by atoms with E-state index in [1.54, 1.807) is 5.38 Å². The monoisotopic (exact) mass is 269 g/mol. The summed E-state index contributed by atoms with van der Waals surface area (Å²) in [5.41, 5.74) is 0.495. The number of piperidine rings is 1. The molecule has 0 aliphatic carbocycles. The first-order valence-corrected chi connectivity index (χ1v) is 7.25. The topological polar surface area (TPSA) is 65.5 Å². The van der Waals surface area contributed by atoms with Crippen LogP contribution in [0.25, 0.3) is 0 Å². The lowest BCUT2D eigenvalue weighted by Gasteiger charge is -2.29. The number of nitrogens with zero attached hydrogens (tertiary/aromatic N) is 2. The number of carbonyl (C=O) groups excluding carboxylic acids is 1. The standard InChI is InChI=1S/C12H19N3O2S/c1-2-5-13-11(17)10-8-18-12(14-10)15-6-3-9(16)4-7-15/h8-9,16H,2-7H2,1H3,(H,13,17). The highest BCUT2D eigenvalue weighted by molar-refractivity contribution is 7.13. The number of aliphatic hydroxyl groups is 1. The highest BCUT2D eigenvalue weighted by atomic mass is 32.1. The van der Waals surface area contributed by atoms with Crippen molar-refractivity contribution in [1.82, 2.24) is 10.3 Å². The van der Waals surface area contributed by atoms with E-state index in [4.69, 9.17) is 0 Å².